The van der Waals surface area contributed by atoms with Gasteiger partial charge >= 0.3 is 0 Å². The van der Waals surface area contributed by atoms with E-state index in [0.29, 0.717) is 5.92 Å². The molecular formula is C15H24N2O. The normalized spacial score (nSPS) is 10.5. The van der Waals surface area contributed by atoms with Crippen molar-refractivity contribution in [2.24, 2.45) is 5.92 Å². The summed E-state index contributed by atoms with van der Waals surface area (Å²) in [4.78, 5) is 13.9. The predicted molar refractivity (Wildman–Crippen MR) is 77.2 cm³/mol. The molecule has 18 heavy (non-hydrogen) atoms. The van der Waals surface area contributed by atoms with E-state index in [1.807, 2.05) is 43.3 Å². The molecule has 0 saturated carbocycles. The lowest BCUT2D eigenvalue weighted by atomic mass is 10.1. The number of carbonyl (C=O) groups is 1. The number of hydrogen-bond acceptors (Lipinski definition) is 2. The summed E-state index contributed by atoms with van der Waals surface area (Å²) in [6.07, 6.45) is 2.19. The molecule has 0 radical (unpaired) electrons. The first-order valence-corrected chi connectivity index (χ1v) is 6.56. The fraction of sp³-hybridized carbons (Fsp3) is 0.533. The van der Waals surface area contributed by atoms with Gasteiger partial charge in [0, 0.05) is 31.9 Å². The van der Waals surface area contributed by atoms with Crippen molar-refractivity contribution >= 4 is 11.6 Å². The lowest BCUT2D eigenvalue weighted by Crippen LogP contribution is -2.24. The highest BCUT2D eigenvalue weighted by Crippen LogP contribution is 2.12. The average molecular weight is 248 g/mol. The molecule has 0 heterocycles. The van der Waals surface area contributed by atoms with Crippen molar-refractivity contribution < 1.29 is 4.79 Å². The van der Waals surface area contributed by atoms with E-state index in [1.54, 1.807) is 0 Å². The minimum atomic E-state index is 0.0177. The summed E-state index contributed by atoms with van der Waals surface area (Å²) in [5.41, 5.74) is 1.83. The smallest absolute Gasteiger partial charge is 0.251 e. The van der Waals surface area contributed by atoms with E-state index in [9.17, 15) is 4.79 Å². The molecule has 3 nitrogen and oxygen atoms in total. The molecular weight excluding hydrogens is 224 g/mol. The van der Waals surface area contributed by atoms with Crippen LogP contribution in [0.15, 0.2) is 24.3 Å². The molecule has 0 aliphatic carbocycles. The van der Waals surface area contributed by atoms with E-state index < -0.39 is 0 Å². The van der Waals surface area contributed by atoms with Crippen LogP contribution in [-0.4, -0.2) is 26.5 Å². The predicted octanol–water partition coefficient (Wildman–Crippen LogP) is 2.92. The fourth-order valence-corrected chi connectivity index (χ4v) is 1.73. The minimum absolute atomic E-state index is 0.0177. The van der Waals surface area contributed by atoms with Crippen molar-refractivity contribution in [3.05, 3.63) is 29.8 Å². The third-order valence-corrected chi connectivity index (χ3v) is 2.89. The monoisotopic (exact) mass is 248 g/mol. The van der Waals surface area contributed by atoms with Gasteiger partial charge in [-0.25, -0.2) is 0 Å². The van der Waals surface area contributed by atoms with Crippen LogP contribution in [0.4, 0.5) is 5.69 Å². The van der Waals surface area contributed by atoms with Gasteiger partial charge in [-0.2, -0.15) is 0 Å². The highest BCUT2D eigenvalue weighted by Gasteiger charge is 2.05. The Morgan fingerprint density at radius 2 is 1.83 bits per heavy atom. The van der Waals surface area contributed by atoms with Crippen molar-refractivity contribution in [2.45, 2.75) is 26.7 Å². The maximum Gasteiger partial charge on any atom is 0.251 e. The van der Waals surface area contributed by atoms with Gasteiger partial charge < -0.3 is 10.2 Å². The zero-order valence-electron chi connectivity index (χ0n) is 11.9. The first-order chi connectivity index (χ1) is 8.50. The molecule has 1 N–H and O–H groups in total. The van der Waals surface area contributed by atoms with Crippen LogP contribution < -0.4 is 10.2 Å². The van der Waals surface area contributed by atoms with E-state index in [1.165, 1.54) is 0 Å². The number of rotatable bonds is 6. The number of nitrogens with zero attached hydrogens (tertiary/aromatic N) is 1. The molecule has 0 aliphatic heterocycles. The summed E-state index contributed by atoms with van der Waals surface area (Å²) in [6.45, 7) is 5.15. The Labute approximate surface area is 110 Å². The van der Waals surface area contributed by atoms with Gasteiger partial charge in [0.05, 0.1) is 0 Å². The summed E-state index contributed by atoms with van der Waals surface area (Å²) in [7, 11) is 3.97. The van der Waals surface area contributed by atoms with Crippen molar-refractivity contribution in [3.63, 3.8) is 0 Å². The molecule has 0 saturated heterocycles. The van der Waals surface area contributed by atoms with Gasteiger partial charge in [0.15, 0.2) is 0 Å². The highest BCUT2D eigenvalue weighted by atomic mass is 16.1. The molecule has 1 amide bonds. The molecule has 1 aromatic carbocycles. The second kappa shape index (κ2) is 7.04. The van der Waals surface area contributed by atoms with Crippen LogP contribution in [0.3, 0.4) is 0 Å². The zero-order chi connectivity index (χ0) is 13.5. The number of hydrogen-bond donors (Lipinski definition) is 1. The lowest BCUT2D eigenvalue weighted by Gasteiger charge is -2.12. The van der Waals surface area contributed by atoms with Crippen LogP contribution in [0.1, 0.15) is 37.0 Å². The summed E-state index contributed by atoms with van der Waals surface area (Å²) < 4.78 is 0. The standard InChI is InChI=1S/C15H24N2O/c1-12(2)6-5-11-16-15(18)13-7-9-14(10-8-13)17(3)4/h7-10,12H,5-6,11H2,1-4H3,(H,16,18). The molecule has 0 spiro atoms. The summed E-state index contributed by atoms with van der Waals surface area (Å²) in [5, 5.41) is 2.95. The topological polar surface area (TPSA) is 32.3 Å². The largest absolute Gasteiger partial charge is 0.378 e. The number of amides is 1. The van der Waals surface area contributed by atoms with Crippen LogP contribution >= 0.6 is 0 Å². The summed E-state index contributed by atoms with van der Waals surface area (Å²) in [5.74, 6) is 0.713. The quantitative estimate of drug-likeness (QED) is 0.785. The van der Waals surface area contributed by atoms with Gasteiger partial charge in [0.2, 0.25) is 0 Å². The maximum atomic E-state index is 11.8. The van der Waals surface area contributed by atoms with E-state index in [4.69, 9.17) is 0 Å². The van der Waals surface area contributed by atoms with Gasteiger partial charge in [-0.05, 0) is 43.0 Å². The lowest BCUT2D eigenvalue weighted by molar-refractivity contribution is 0.0952. The van der Waals surface area contributed by atoms with Crippen molar-refractivity contribution in [1.82, 2.24) is 5.32 Å². The first kappa shape index (κ1) is 14.6. The molecule has 0 aliphatic rings. The molecule has 0 atom stereocenters. The molecule has 0 bridgehead atoms. The second-order valence-corrected chi connectivity index (χ2v) is 5.23. The fourth-order valence-electron chi connectivity index (χ4n) is 1.73. The number of carbonyl (C=O) groups excluding carboxylic acids is 1. The van der Waals surface area contributed by atoms with Crippen LogP contribution in [0, 0.1) is 5.92 Å². The van der Waals surface area contributed by atoms with Gasteiger partial charge in [0.25, 0.3) is 5.91 Å². The third-order valence-electron chi connectivity index (χ3n) is 2.89. The number of anilines is 1. The molecule has 0 aromatic heterocycles. The number of benzene rings is 1. The van der Waals surface area contributed by atoms with Crippen LogP contribution in [0.5, 0.6) is 0 Å². The van der Waals surface area contributed by atoms with Crippen molar-refractivity contribution in [1.29, 1.82) is 0 Å². The summed E-state index contributed by atoms with van der Waals surface area (Å²) in [6, 6.07) is 7.66. The second-order valence-electron chi connectivity index (χ2n) is 5.23. The Morgan fingerprint density at radius 3 is 2.33 bits per heavy atom. The van der Waals surface area contributed by atoms with Gasteiger partial charge in [-0.1, -0.05) is 13.8 Å². The van der Waals surface area contributed by atoms with E-state index in [0.717, 1.165) is 30.6 Å². The Hall–Kier alpha value is -1.51. The van der Waals surface area contributed by atoms with Gasteiger partial charge in [-0.15, -0.1) is 0 Å². The molecule has 0 fully saturated rings. The highest BCUT2D eigenvalue weighted by molar-refractivity contribution is 5.94. The van der Waals surface area contributed by atoms with Crippen LogP contribution in [0.2, 0.25) is 0 Å². The first-order valence-electron chi connectivity index (χ1n) is 6.56. The van der Waals surface area contributed by atoms with E-state index >= 15 is 0 Å². The van der Waals surface area contributed by atoms with Gasteiger partial charge in [0.1, 0.15) is 0 Å². The minimum Gasteiger partial charge on any atom is -0.378 e. The Morgan fingerprint density at radius 1 is 1.22 bits per heavy atom. The zero-order valence-corrected chi connectivity index (χ0v) is 11.9. The number of nitrogens with one attached hydrogen (secondary N) is 1. The van der Waals surface area contributed by atoms with Crippen molar-refractivity contribution in [3.8, 4) is 0 Å². The van der Waals surface area contributed by atoms with Crippen molar-refractivity contribution in [2.75, 3.05) is 25.5 Å². The Bertz CT molecular complexity index is 369. The van der Waals surface area contributed by atoms with Crippen LogP contribution in [-0.2, 0) is 0 Å². The summed E-state index contributed by atoms with van der Waals surface area (Å²) >= 11 is 0. The van der Waals surface area contributed by atoms with Gasteiger partial charge in [-0.3, -0.25) is 4.79 Å². The molecule has 1 aromatic rings. The SMILES string of the molecule is CC(C)CCCNC(=O)c1ccc(N(C)C)cc1. The third kappa shape index (κ3) is 4.78. The molecule has 100 valence electrons. The van der Waals surface area contributed by atoms with E-state index in [-0.39, 0.29) is 5.91 Å². The average Bonchev–Trinajstić information content (AvgIpc) is 2.34. The maximum absolute atomic E-state index is 11.8. The van der Waals surface area contributed by atoms with E-state index in [2.05, 4.69) is 19.2 Å². The molecule has 0 unspecified atom stereocenters. The Kier molecular flexibility index (Phi) is 5.69. The Balaban J connectivity index is 2.42. The molecule has 3 heteroatoms. The van der Waals surface area contributed by atoms with Crippen LogP contribution in [0.25, 0.3) is 0 Å². The molecule has 1 rings (SSSR count).